The van der Waals surface area contributed by atoms with Gasteiger partial charge in [0.25, 0.3) is 0 Å². The SMILES string of the molecule is CC(C)(C)OC(=O)c1cc(C2CC2)c(CN2CCN(S(=O)(=O)c3cc(Cl)cc(Cl)c3)CC2)cc1F. The van der Waals surface area contributed by atoms with E-state index in [4.69, 9.17) is 27.9 Å². The van der Waals surface area contributed by atoms with E-state index in [9.17, 15) is 17.6 Å². The van der Waals surface area contributed by atoms with E-state index in [1.165, 1.54) is 28.6 Å². The number of esters is 1. The van der Waals surface area contributed by atoms with Crippen LogP contribution in [-0.2, 0) is 21.3 Å². The van der Waals surface area contributed by atoms with Crippen LogP contribution in [-0.4, -0.2) is 55.4 Å². The van der Waals surface area contributed by atoms with Crippen LogP contribution < -0.4 is 0 Å². The number of rotatable bonds is 6. The smallest absolute Gasteiger partial charge is 0.341 e. The van der Waals surface area contributed by atoms with Crippen molar-refractivity contribution in [1.29, 1.82) is 0 Å². The molecule has 0 N–H and O–H groups in total. The monoisotopic (exact) mass is 542 g/mol. The van der Waals surface area contributed by atoms with E-state index < -0.39 is 27.4 Å². The Kier molecular flexibility index (Phi) is 7.51. The number of carbonyl (C=O) groups excluding carboxylic acids is 1. The number of nitrogens with zero attached hydrogens (tertiary/aromatic N) is 2. The summed E-state index contributed by atoms with van der Waals surface area (Å²) < 4.78 is 47.8. The molecule has 2 fully saturated rings. The zero-order valence-electron chi connectivity index (χ0n) is 20.0. The van der Waals surface area contributed by atoms with Crippen molar-refractivity contribution < 1.29 is 22.3 Å². The third-order valence-electron chi connectivity index (χ3n) is 6.06. The number of hydrogen-bond donors (Lipinski definition) is 0. The number of sulfonamides is 1. The van der Waals surface area contributed by atoms with Gasteiger partial charge in [0.1, 0.15) is 11.4 Å². The van der Waals surface area contributed by atoms with Gasteiger partial charge in [-0.1, -0.05) is 23.2 Å². The van der Waals surface area contributed by atoms with Gasteiger partial charge in [-0.25, -0.2) is 17.6 Å². The lowest BCUT2D eigenvalue weighted by molar-refractivity contribution is 0.00645. The van der Waals surface area contributed by atoms with Crippen molar-refractivity contribution in [3.63, 3.8) is 0 Å². The van der Waals surface area contributed by atoms with Crippen molar-refractivity contribution in [3.05, 3.63) is 62.9 Å². The van der Waals surface area contributed by atoms with Gasteiger partial charge in [0.2, 0.25) is 10.0 Å². The molecule has 0 amide bonds. The summed E-state index contributed by atoms with van der Waals surface area (Å²) in [4.78, 5) is 14.7. The van der Waals surface area contributed by atoms with Gasteiger partial charge >= 0.3 is 5.97 Å². The lowest BCUT2D eigenvalue weighted by atomic mass is 9.98. The molecule has 2 aromatic carbocycles. The molecule has 1 heterocycles. The van der Waals surface area contributed by atoms with Crippen molar-refractivity contribution in [2.75, 3.05) is 26.2 Å². The Morgan fingerprint density at radius 2 is 1.63 bits per heavy atom. The van der Waals surface area contributed by atoms with Gasteiger partial charge in [0.15, 0.2) is 0 Å². The molecule has 0 atom stereocenters. The number of ether oxygens (including phenoxy) is 1. The van der Waals surface area contributed by atoms with Crippen LogP contribution in [0.3, 0.4) is 0 Å². The van der Waals surface area contributed by atoms with E-state index in [1.807, 2.05) is 0 Å². The standard InChI is InChI=1S/C25H29Cl2FN2O4S/c1-25(2,3)34-24(31)22-14-21(16-4-5-16)17(10-23(22)28)15-29-6-8-30(9-7-29)35(32,33)20-12-18(26)11-19(27)13-20/h10-14,16H,4-9,15H2,1-3H3. The van der Waals surface area contributed by atoms with Crippen LogP contribution in [0, 0.1) is 5.82 Å². The molecule has 1 aliphatic carbocycles. The highest BCUT2D eigenvalue weighted by atomic mass is 35.5. The second-order valence-corrected chi connectivity index (χ2v) is 12.9. The summed E-state index contributed by atoms with van der Waals surface area (Å²) in [7, 11) is -3.73. The summed E-state index contributed by atoms with van der Waals surface area (Å²) in [6.07, 6.45) is 2.00. The molecule has 2 aliphatic rings. The molecule has 1 saturated carbocycles. The summed E-state index contributed by atoms with van der Waals surface area (Å²) in [5, 5.41) is 0.526. The van der Waals surface area contributed by atoms with E-state index in [-0.39, 0.29) is 20.5 Å². The van der Waals surface area contributed by atoms with Gasteiger partial charge < -0.3 is 4.74 Å². The molecule has 0 aromatic heterocycles. The normalized spacial score (nSPS) is 18.0. The molecule has 190 valence electrons. The molecule has 6 nitrogen and oxygen atoms in total. The Morgan fingerprint density at radius 1 is 1.03 bits per heavy atom. The summed E-state index contributed by atoms with van der Waals surface area (Å²) in [5.41, 5.74) is 1.05. The van der Waals surface area contributed by atoms with Crippen molar-refractivity contribution >= 4 is 39.2 Å². The first-order chi connectivity index (χ1) is 16.3. The Balaban J connectivity index is 1.47. The van der Waals surface area contributed by atoms with Gasteiger partial charge in [-0.05, 0) is 81.0 Å². The van der Waals surface area contributed by atoms with Crippen LogP contribution in [0.4, 0.5) is 4.39 Å². The average molecular weight is 543 g/mol. The fourth-order valence-electron chi connectivity index (χ4n) is 4.23. The van der Waals surface area contributed by atoms with Gasteiger partial charge in [0, 0.05) is 42.8 Å². The zero-order chi connectivity index (χ0) is 25.5. The Hall–Kier alpha value is -1.71. The van der Waals surface area contributed by atoms with Crippen molar-refractivity contribution in [2.24, 2.45) is 0 Å². The van der Waals surface area contributed by atoms with E-state index in [0.717, 1.165) is 24.0 Å². The molecule has 0 radical (unpaired) electrons. The minimum absolute atomic E-state index is 0.0401. The van der Waals surface area contributed by atoms with Crippen LogP contribution in [0.1, 0.15) is 61.0 Å². The highest BCUT2D eigenvalue weighted by Crippen LogP contribution is 2.43. The van der Waals surface area contributed by atoms with Crippen LogP contribution >= 0.6 is 23.2 Å². The van der Waals surface area contributed by atoms with Crippen LogP contribution in [0.25, 0.3) is 0 Å². The second kappa shape index (κ2) is 9.98. The Morgan fingerprint density at radius 3 is 2.17 bits per heavy atom. The van der Waals surface area contributed by atoms with Crippen LogP contribution in [0.15, 0.2) is 35.2 Å². The van der Waals surface area contributed by atoms with E-state index >= 15 is 0 Å². The summed E-state index contributed by atoms with van der Waals surface area (Å²) >= 11 is 12.0. The molecular formula is C25H29Cl2FN2O4S. The topological polar surface area (TPSA) is 66.9 Å². The lowest BCUT2D eigenvalue weighted by Gasteiger charge is -2.34. The summed E-state index contributed by atoms with van der Waals surface area (Å²) in [6.45, 7) is 7.31. The minimum atomic E-state index is -3.73. The van der Waals surface area contributed by atoms with Crippen LogP contribution in [0.5, 0.6) is 0 Å². The summed E-state index contributed by atoms with van der Waals surface area (Å²) in [6, 6.07) is 7.35. The van der Waals surface area contributed by atoms with E-state index in [2.05, 4.69) is 4.90 Å². The molecule has 35 heavy (non-hydrogen) atoms. The first-order valence-corrected chi connectivity index (χ1v) is 13.8. The molecule has 4 rings (SSSR count). The predicted octanol–water partition coefficient (Wildman–Crippen LogP) is 5.47. The maximum absolute atomic E-state index is 14.9. The van der Waals surface area contributed by atoms with Crippen LogP contribution in [0.2, 0.25) is 10.0 Å². The number of piperazine rings is 1. The number of halogens is 3. The third-order valence-corrected chi connectivity index (χ3v) is 8.38. The average Bonchev–Trinajstić information content (AvgIpc) is 3.57. The van der Waals surface area contributed by atoms with E-state index in [0.29, 0.717) is 38.6 Å². The van der Waals surface area contributed by atoms with E-state index in [1.54, 1.807) is 26.8 Å². The van der Waals surface area contributed by atoms with Crippen molar-refractivity contribution in [2.45, 2.75) is 56.6 Å². The highest BCUT2D eigenvalue weighted by molar-refractivity contribution is 7.89. The molecular weight excluding hydrogens is 514 g/mol. The maximum atomic E-state index is 14.9. The van der Waals surface area contributed by atoms with Gasteiger partial charge in [-0.15, -0.1) is 0 Å². The molecule has 2 aromatic rings. The minimum Gasteiger partial charge on any atom is -0.456 e. The fourth-order valence-corrected chi connectivity index (χ4v) is 6.38. The van der Waals surface area contributed by atoms with Gasteiger partial charge in [-0.2, -0.15) is 4.31 Å². The zero-order valence-corrected chi connectivity index (χ0v) is 22.3. The molecule has 1 aliphatic heterocycles. The molecule has 0 bridgehead atoms. The Labute approximate surface area is 216 Å². The molecule has 10 heteroatoms. The lowest BCUT2D eigenvalue weighted by Crippen LogP contribution is -2.48. The summed E-state index contributed by atoms with van der Waals surface area (Å²) in [5.74, 6) is -0.956. The highest BCUT2D eigenvalue weighted by Gasteiger charge is 2.32. The largest absolute Gasteiger partial charge is 0.456 e. The van der Waals surface area contributed by atoms with Gasteiger partial charge in [0.05, 0.1) is 10.5 Å². The fraction of sp³-hybridized carbons (Fsp3) is 0.480. The first kappa shape index (κ1) is 26.4. The Bertz CT molecular complexity index is 1210. The number of benzene rings is 2. The second-order valence-electron chi connectivity index (χ2n) is 10.1. The van der Waals surface area contributed by atoms with Gasteiger partial charge in [-0.3, -0.25) is 4.90 Å². The quantitative estimate of drug-likeness (QED) is 0.452. The number of hydrogen-bond acceptors (Lipinski definition) is 5. The molecule has 1 saturated heterocycles. The molecule has 0 spiro atoms. The third kappa shape index (κ3) is 6.35. The number of carbonyl (C=O) groups is 1. The first-order valence-electron chi connectivity index (χ1n) is 11.6. The molecule has 0 unspecified atom stereocenters. The van der Waals surface area contributed by atoms with Crippen molar-refractivity contribution in [3.8, 4) is 0 Å². The predicted molar refractivity (Wildman–Crippen MR) is 134 cm³/mol. The van der Waals surface area contributed by atoms with Crippen molar-refractivity contribution in [1.82, 2.24) is 9.21 Å². The maximum Gasteiger partial charge on any atom is 0.341 e.